The van der Waals surface area contributed by atoms with Gasteiger partial charge >= 0.3 is 0 Å². The van der Waals surface area contributed by atoms with Crippen LogP contribution >= 0.6 is 15.9 Å². The maximum absolute atomic E-state index is 9.04. The zero-order valence-electron chi connectivity index (χ0n) is 13.3. The molecule has 2 saturated carbocycles. The summed E-state index contributed by atoms with van der Waals surface area (Å²) in [5, 5.41) is 20.3. The van der Waals surface area contributed by atoms with Crippen molar-refractivity contribution >= 4 is 33.4 Å². The first-order valence-corrected chi connectivity index (χ1v) is 9.01. The van der Waals surface area contributed by atoms with Crippen molar-refractivity contribution in [3.63, 3.8) is 0 Å². The van der Waals surface area contributed by atoms with Crippen LogP contribution in [0, 0.1) is 17.2 Å². The fourth-order valence-electron chi connectivity index (χ4n) is 2.78. The largest absolute Gasteiger partial charge is 0.369 e. The summed E-state index contributed by atoms with van der Waals surface area (Å²) in [5.41, 5.74) is 2.01. The van der Waals surface area contributed by atoms with Gasteiger partial charge in [0, 0.05) is 24.9 Å². The molecular weight excluding hydrogens is 370 g/mol. The molecule has 0 amide bonds. The zero-order chi connectivity index (χ0) is 16.7. The van der Waals surface area contributed by atoms with E-state index in [1.165, 1.54) is 12.8 Å². The van der Waals surface area contributed by atoms with Crippen LogP contribution < -0.4 is 10.6 Å². The van der Waals surface area contributed by atoms with Gasteiger partial charge in [-0.2, -0.15) is 15.3 Å². The van der Waals surface area contributed by atoms with Crippen molar-refractivity contribution in [2.75, 3.05) is 17.2 Å². The van der Waals surface area contributed by atoms with Gasteiger partial charge in [-0.1, -0.05) is 0 Å². The van der Waals surface area contributed by atoms with Gasteiger partial charge in [0.15, 0.2) is 0 Å². The van der Waals surface area contributed by atoms with Crippen LogP contribution in [0.2, 0.25) is 0 Å². The second-order valence-electron chi connectivity index (χ2n) is 6.27. The normalized spacial score (nSPS) is 22.0. The lowest BCUT2D eigenvalue weighted by Gasteiger charge is -2.08. The Hall–Kier alpha value is -2.14. The number of rotatable bonds is 6. The molecule has 2 atom stereocenters. The molecule has 2 aliphatic rings. The van der Waals surface area contributed by atoms with E-state index in [1.54, 1.807) is 6.20 Å². The lowest BCUT2D eigenvalue weighted by molar-refractivity contribution is 0.611. The van der Waals surface area contributed by atoms with E-state index < -0.39 is 0 Å². The minimum atomic E-state index is 0.0918. The van der Waals surface area contributed by atoms with Crippen molar-refractivity contribution in [2.24, 2.45) is 5.92 Å². The molecule has 0 spiro atoms. The minimum absolute atomic E-state index is 0.0918. The maximum atomic E-state index is 9.04. The number of aromatic nitrogens is 4. The summed E-state index contributed by atoms with van der Waals surface area (Å²) in [7, 11) is 0. The van der Waals surface area contributed by atoms with Crippen molar-refractivity contribution in [2.45, 2.75) is 38.1 Å². The highest BCUT2D eigenvalue weighted by Crippen LogP contribution is 2.47. The van der Waals surface area contributed by atoms with Gasteiger partial charge in [-0.05, 0) is 42.1 Å². The fraction of sp³-hybridized carbons (Fsp3) is 0.500. The van der Waals surface area contributed by atoms with E-state index in [1.807, 2.05) is 17.8 Å². The molecule has 2 heterocycles. The first-order valence-electron chi connectivity index (χ1n) is 8.21. The Morgan fingerprint density at radius 2 is 2.29 bits per heavy atom. The van der Waals surface area contributed by atoms with Gasteiger partial charge in [-0.3, -0.25) is 4.68 Å². The maximum Gasteiger partial charge on any atom is 0.229 e. The smallest absolute Gasteiger partial charge is 0.229 e. The third-order valence-corrected chi connectivity index (χ3v) is 4.90. The molecule has 0 aliphatic heterocycles. The summed E-state index contributed by atoms with van der Waals surface area (Å²) in [6.45, 7) is 2.82. The second kappa shape index (κ2) is 6.06. The zero-order valence-corrected chi connectivity index (χ0v) is 14.9. The van der Waals surface area contributed by atoms with Crippen molar-refractivity contribution in [1.29, 1.82) is 5.26 Å². The van der Waals surface area contributed by atoms with Crippen molar-refractivity contribution < 1.29 is 0 Å². The summed E-state index contributed by atoms with van der Waals surface area (Å²) < 4.78 is 2.77. The molecule has 2 aromatic heterocycles. The Bertz CT molecular complexity index is 805. The van der Waals surface area contributed by atoms with E-state index in [4.69, 9.17) is 10.4 Å². The molecule has 2 aliphatic carbocycles. The standard InChI is InChI=1S/C16H18BrN7/c1-2-19-15-11(17)7-20-16(22-15)21-12-8-24(13-5-10(13)6-18)23-14(12)9-3-4-9/h7-10,13H,2-5H2,1H3,(H2,19,20,21,22)/t10?,13-/m0/s1. The molecule has 1 unspecified atom stereocenters. The second-order valence-corrected chi connectivity index (χ2v) is 7.12. The quantitative estimate of drug-likeness (QED) is 0.786. The molecule has 0 saturated heterocycles. The number of nitrogens with one attached hydrogen (secondary N) is 2. The lowest BCUT2D eigenvalue weighted by Crippen LogP contribution is -2.04. The summed E-state index contributed by atoms with van der Waals surface area (Å²) in [6.07, 6.45) is 6.96. The summed E-state index contributed by atoms with van der Waals surface area (Å²) in [5.74, 6) is 1.91. The molecule has 2 N–H and O–H groups in total. The number of hydrogen-bond acceptors (Lipinski definition) is 6. The summed E-state index contributed by atoms with van der Waals surface area (Å²) in [6, 6.07) is 2.53. The molecule has 4 rings (SSSR count). The molecule has 2 aromatic rings. The van der Waals surface area contributed by atoms with Gasteiger partial charge in [0.25, 0.3) is 0 Å². The van der Waals surface area contributed by atoms with E-state index in [0.717, 1.165) is 34.6 Å². The average molecular weight is 388 g/mol. The van der Waals surface area contributed by atoms with Crippen molar-refractivity contribution in [1.82, 2.24) is 19.7 Å². The SMILES string of the molecule is CCNc1nc(Nc2cn([C@H]3CC3C#N)nc2C2CC2)ncc1Br. The first kappa shape index (κ1) is 15.4. The molecule has 0 bridgehead atoms. The molecule has 0 aromatic carbocycles. The fourth-order valence-corrected chi connectivity index (χ4v) is 3.11. The highest BCUT2D eigenvalue weighted by atomic mass is 79.9. The highest BCUT2D eigenvalue weighted by molar-refractivity contribution is 9.10. The van der Waals surface area contributed by atoms with Gasteiger partial charge in [0.05, 0.1) is 33.9 Å². The Balaban J connectivity index is 1.60. The van der Waals surface area contributed by atoms with E-state index >= 15 is 0 Å². The Labute approximate surface area is 148 Å². The van der Waals surface area contributed by atoms with E-state index in [0.29, 0.717) is 11.9 Å². The minimum Gasteiger partial charge on any atom is -0.369 e. The monoisotopic (exact) mass is 387 g/mol. The molecule has 7 nitrogen and oxygen atoms in total. The Kier molecular flexibility index (Phi) is 3.88. The van der Waals surface area contributed by atoms with Gasteiger partial charge in [0.2, 0.25) is 5.95 Å². The van der Waals surface area contributed by atoms with Crippen LogP contribution in [0.25, 0.3) is 0 Å². The Morgan fingerprint density at radius 3 is 2.96 bits per heavy atom. The van der Waals surface area contributed by atoms with Crippen molar-refractivity contribution in [3.05, 3.63) is 22.6 Å². The van der Waals surface area contributed by atoms with Gasteiger partial charge in [0.1, 0.15) is 5.82 Å². The topological polar surface area (TPSA) is 91.5 Å². The Morgan fingerprint density at radius 1 is 1.46 bits per heavy atom. The number of nitriles is 1. The van der Waals surface area contributed by atoms with Crippen LogP contribution in [0.4, 0.5) is 17.5 Å². The van der Waals surface area contributed by atoms with E-state index in [-0.39, 0.29) is 12.0 Å². The van der Waals surface area contributed by atoms with Crippen LogP contribution in [0.3, 0.4) is 0 Å². The molecular formula is C16H18BrN7. The van der Waals surface area contributed by atoms with Crippen LogP contribution in [0.1, 0.15) is 43.8 Å². The van der Waals surface area contributed by atoms with Crippen LogP contribution in [0.5, 0.6) is 0 Å². The van der Waals surface area contributed by atoms with E-state index in [2.05, 4.69) is 42.6 Å². The lowest BCUT2D eigenvalue weighted by atomic mass is 10.2. The molecule has 124 valence electrons. The number of halogens is 1. The predicted octanol–water partition coefficient (Wildman–Crippen LogP) is 3.57. The number of anilines is 3. The van der Waals surface area contributed by atoms with Gasteiger partial charge < -0.3 is 10.6 Å². The molecule has 0 radical (unpaired) electrons. The van der Waals surface area contributed by atoms with E-state index in [9.17, 15) is 0 Å². The summed E-state index contributed by atoms with van der Waals surface area (Å²) in [4.78, 5) is 8.85. The highest BCUT2D eigenvalue weighted by Gasteiger charge is 2.41. The summed E-state index contributed by atoms with van der Waals surface area (Å²) >= 11 is 3.45. The van der Waals surface area contributed by atoms with Gasteiger partial charge in [-0.15, -0.1) is 0 Å². The molecule has 24 heavy (non-hydrogen) atoms. The molecule has 2 fully saturated rings. The number of nitrogens with zero attached hydrogens (tertiary/aromatic N) is 5. The van der Waals surface area contributed by atoms with Gasteiger partial charge in [-0.25, -0.2) is 4.98 Å². The average Bonchev–Trinajstić information content (AvgIpc) is 3.49. The number of hydrogen-bond donors (Lipinski definition) is 2. The molecule has 8 heteroatoms. The van der Waals surface area contributed by atoms with Crippen molar-refractivity contribution in [3.8, 4) is 6.07 Å². The third kappa shape index (κ3) is 2.96. The predicted molar refractivity (Wildman–Crippen MR) is 94.1 cm³/mol. The third-order valence-electron chi connectivity index (χ3n) is 4.32. The van der Waals surface area contributed by atoms with Crippen LogP contribution in [0.15, 0.2) is 16.9 Å². The van der Waals surface area contributed by atoms with Crippen LogP contribution in [-0.2, 0) is 0 Å². The van der Waals surface area contributed by atoms with Crippen LogP contribution in [-0.4, -0.2) is 26.3 Å². The first-order chi connectivity index (χ1) is 11.7.